The minimum atomic E-state index is -0.168. The quantitative estimate of drug-likeness (QED) is 0.866. The van der Waals surface area contributed by atoms with E-state index in [1.165, 1.54) is 0 Å². The summed E-state index contributed by atoms with van der Waals surface area (Å²) in [7, 11) is 3.76. The summed E-state index contributed by atoms with van der Waals surface area (Å²) in [6.45, 7) is 2.41. The molecule has 120 valence electrons. The molecule has 1 aromatic carbocycles. The van der Waals surface area contributed by atoms with Crippen molar-refractivity contribution < 1.29 is 9.59 Å². The maximum atomic E-state index is 12.4. The summed E-state index contributed by atoms with van der Waals surface area (Å²) in [5.41, 5.74) is 1.46. The largest absolute Gasteiger partial charge is 0.375 e. The fraction of sp³-hybridized carbons (Fsp3) is 0.467. The van der Waals surface area contributed by atoms with Crippen molar-refractivity contribution in [2.75, 3.05) is 50.5 Å². The second kappa shape index (κ2) is 7.35. The van der Waals surface area contributed by atoms with Gasteiger partial charge in [-0.15, -0.1) is 0 Å². The first-order valence-corrected chi connectivity index (χ1v) is 7.62. The molecule has 2 rings (SSSR count). The summed E-state index contributed by atoms with van der Waals surface area (Å²) in [5, 5.41) is 3.51. The Bertz CT molecular complexity index is 550. The van der Waals surface area contributed by atoms with Crippen molar-refractivity contribution in [3.05, 3.63) is 23.2 Å². The molecule has 1 aliphatic heterocycles. The monoisotopic (exact) mass is 324 g/mol. The third-order valence-electron chi connectivity index (χ3n) is 3.64. The number of hydrogen-bond donors (Lipinski definition) is 1. The lowest BCUT2D eigenvalue weighted by Crippen LogP contribution is -2.38. The van der Waals surface area contributed by atoms with Crippen LogP contribution in [0, 0.1) is 0 Å². The van der Waals surface area contributed by atoms with Crippen LogP contribution in [-0.4, -0.2) is 62.5 Å². The first-order valence-electron chi connectivity index (χ1n) is 7.24. The number of carbonyl (C=O) groups is 2. The van der Waals surface area contributed by atoms with Gasteiger partial charge in [0.15, 0.2) is 0 Å². The van der Waals surface area contributed by atoms with Crippen molar-refractivity contribution in [3.8, 4) is 0 Å². The number of carbonyl (C=O) groups excluding carboxylic acids is 2. The van der Waals surface area contributed by atoms with Crippen LogP contribution in [0.25, 0.3) is 0 Å². The zero-order chi connectivity index (χ0) is 16.1. The average Bonchev–Trinajstić information content (AvgIpc) is 2.72. The van der Waals surface area contributed by atoms with Crippen LogP contribution >= 0.6 is 11.6 Å². The summed E-state index contributed by atoms with van der Waals surface area (Å²) < 4.78 is 0. The Balaban J connectivity index is 2.09. The third kappa shape index (κ3) is 3.82. The van der Waals surface area contributed by atoms with Gasteiger partial charge in [0.25, 0.3) is 0 Å². The molecule has 1 aromatic rings. The number of para-hydroxylation sites is 1. The lowest BCUT2D eigenvalue weighted by molar-refractivity contribution is -0.118. The topological polar surface area (TPSA) is 55.9 Å². The van der Waals surface area contributed by atoms with E-state index in [1.54, 1.807) is 15.9 Å². The predicted octanol–water partition coefficient (Wildman–Crippen LogP) is 2.10. The van der Waals surface area contributed by atoms with Gasteiger partial charge < -0.3 is 20.0 Å². The molecule has 0 aromatic heterocycles. The number of nitrogens with one attached hydrogen (secondary N) is 1. The molecule has 0 radical (unpaired) electrons. The Morgan fingerprint density at radius 1 is 1.27 bits per heavy atom. The van der Waals surface area contributed by atoms with E-state index < -0.39 is 0 Å². The van der Waals surface area contributed by atoms with Crippen LogP contribution in [0.4, 0.5) is 16.2 Å². The molecule has 1 saturated heterocycles. The number of hydrogen-bond acceptors (Lipinski definition) is 3. The van der Waals surface area contributed by atoms with Crippen molar-refractivity contribution in [2.45, 2.75) is 6.42 Å². The van der Waals surface area contributed by atoms with Crippen molar-refractivity contribution in [1.82, 2.24) is 9.80 Å². The van der Waals surface area contributed by atoms with Gasteiger partial charge >= 0.3 is 6.03 Å². The summed E-state index contributed by atoms with van der Waals surface area (Å²) >= 11 is 6.21. The van der Waals surface area contributed by atoms with E-state index >= 15 is 0 Å². The smallest absolute Gasteiger partial charge is 0.321 e. The fourth-order valence-corrected chi connectivity index (χ4v) is 2.85. The molecular formula is C15H21ClN4O2. The van der Waals surface area contributed by atoms with Gasteiger partial charge in [-0.25, -0.2) is 4.79 Å². The zero-order valence-electron chi connectivity index (χ0n) is 12.9. The minimum Gasteiger partial charge on any atom is -0.375 e. The number of halogens is 1. The molecular weight excluding hydrogens is 304 g/mol. The standard InChI is InChI=1S/C15H21ClN4O2/c1-18(2)14-12(16)5-3-6-13(14)17-15(22)20-8-4-7-19(11-21)9-10-20/h3,5-6,11H,4,7-10H2,1-2H3,(H,17,22). The fourth-order valence-electron chi connectivity index (χ4n) is 2.51. The van der Waals surface area contributed by atoms with Crippen LogP contribution < -0.4 is 10.2 Å². The summed E-state index contributed by atoms with van der Waals surface area (Å²) in [5.74, 6) is 0. The van der Waals surface area contributed by atoms with Crippen molar-refractivity contribution in [3.63, 3.8) is 0 Å². The molecule has 3 amide bonds. The van der Waals surface area contributed by atoms with Crippen LogP contribution in [0.5, 0.6) is 0 Å². The highest BCUT2D eigenvalue weighted by atomic mass is 35.5. The molecule has 6 nitrogen and oxygen atoms in total. The molecule has 0 bridgehead atoms. The molecule has 1 fully saturated rings. The Hall–Kier alpha value is -1.95. The van der Waals surface area contributed by atoms with E-state index in [9.17, 15) is 9.59 Å². The minimum absolute atomic E-state index is 0.168. The molecule has 0 aliphatic carbocycles. The van der Waals surface area contributed by atoms with Crippen molar-refractivity contribution in [1.29, 1.82) is 0 Å². The molecule has 7 heteroatoms. The highest BCUT2D eigenvalue weighted by Crippen LogP contribution is 2.32. The Kier molecular flexibility index (Phi) is 5.49. The summed E-state index contributed by atoms with van der Waals surface area (Å²) in [6, 6.07) is 5.26. The van der Waals surface area contributed by atoms with Gasteiger partial charge in [-0.3, -0.25) is 4.79 Å². The second-order valence-corrected chi connectivity index (χ2v) is 5.85. The highest BCUT2D eigenvalue weighted by Gasteiger charge is 2.20. The third-order valence-corrected chi connectivity index (χ3v) is 3.95. The Morgan fingerprint density at radius 2 is 2.05 bits per heavy atom. The number of urea groups is 1. The SMILES string of the molecule is CN(C)c1c(Cl)cccc1NC(=O)N1CCCN(C=O)CC1. The molecule has 0 unspecified atom stereocenters. The number of anilines is 2. The normalized spacial score (nSPS) is 15.2. The summed E-state index contributed by atoms with van der Waals surface area (Å²) in [6.07, 6.45) is 1.62. The van der Waals surface area contributed by atoms with Crippen LogP contribution in [0.15, 0.2) is 18.2 Å². The number of rotatable bonds is 3. The van der Waals surface area contributed by atoms with E-state index in [1.807, 2.05) is 31.1 Å². The number of amides is 3. The van der Waals surface area contributed by atoms with Gasteiger partial charge in [0.2, 0.25) is 6.41 Å². The van der Waals surface area contributed by atoms with Crippen molar-refractivity contribution in [2.24, 2.45) is 0 Å². The van der Waals surface area contributed by atoms with Gasteiger partial charge in [-0.2, -0.15) is 0 Å². The second-order valence-electron chi connectivity index (χ2n) is 5.44. The lowest BCUT2D eigenvalue weighted by atomic mass is 10.2. The van der Waals surface area contributed by atoms with E-state index in [0.717, 1.165) is 18.5 Å². The number of nitrogens with zero attached hydrogens (tertiary/aromatic N) is 3. The molecule has 1 heterocycles. The summed E-state index contributed by atoms with van der Waals surface area (Å²) in [4.78, 5) is 28.6. The Morgan fingerprint density at radius 3 is 2.73 bits per heavy atom. The Labute approximate surface area is 135 Å². The predicted molar refractivity (Wildman–Crippen MR) is 88.6 cm³/mol. The van der Waals surface area contributed by atoms with Crippen LogP contribution in [0.3, 0.4) is 0 Å². The molecule has 0 atom stereocenters. The number of benzene rings is 1. The van der Waals surface area contributed by atoms with Crippen LogP contribution in [0.1, 0.15) is 6.42 Å². The highest BCUT2D eigenvalue weighted by molar-refractivity contribution is 6.34. The molecule has 22 heavy (non-hydrogen) atoms. The first-order chi connectivity index (χ1) is 10.5. The maximum Gasteiger partial charge on any atom is 0.321 e. The van der Waals surface area contributed by atoms with Gasteiger partial charge in [-0.1, -0.05) is 17.7 Å². The van der Waals surface area contributed by atoms with Gasteiger partial charge in [-0.05, 0) is 18.6 Å². The molecule has 1 aliphatic rings. The van der Waals surface area contributed by atoms with Gasteiger partial charge in [0.1, 0.15) is 0 Å². The van der Waals surface area contributed by atoms with Crippen LogP contribution in [0.2, 0.25) is 5.02 Å². The molecule has 0 spiro atoms. The van der Waals surface area contributed by atoms with E-state index in [4.69, 9.17) is 11.6 Å². The van der Waals surface area contributed by atoms with E-state index in [2.05, 4.69) is 5.32 Å². The van der Waals surface area contributed by atoms with E-state index in [0.29, 0.717) is 36.9 Å². The van der Waals surface area contributed by atoms with Crippen molar-refractivity contribution >= 4 is 35.4 Å². The zero-order valence-corrected chi connectivity index (χ0v) is 13.6. The average molecular weight is 325 g/mol. The van der Waals surface area contributed by atoms with E-state index in [-0.39, 0.29) is 6.03 Å². The molecule has 0 saturated carbocycles. The van der Waals surface area contributed by atoms with Gasteiger partial charge in [0.05, 0.1) is 16.4 Å². The lowest BCUT2D eigenvalue weighted by Gasteiger charge is -2.24. The van der Waals surface area contributed by atoms with Gasteiger partial charge in [0, 0.05) is 40.3 Å². The first kappa shape index (κ1) is 16.4. The maximum absolute atomic E-state index is 12.4. The molecule has 1 N–H and O–H groups in total. The van der Waals surface area contributed by atoms with Crippen LogP contribution in [-0.2, 0) is 4.79 Å².